The Bertz CT molecular complexity index is 238. The summed E-state index contributed by atoms with van der Waals surface area (Å²) in [4.78, 5) is 13.0. The molecule has 0 aromatic rings. The lowest BCUT2D eigenvalue weighted by Gasteiger charge is -2.24. The van der Waals surface area contributed by atoms with Crippen molar-refractivity contribution in [2.75, 3.05) is 26.7 Å². The number of carbonyl (C=O) groups excluding carboxylic acids is 1. The summed E-state index contributed by atoms with van der Waals surface area (Å²) in [5, 5.41) is 3.00. The van der Waals surface area contributed by atoms with Gasteiger partial charge in [0, 0.05) is 20.1 Å². The van der Waals surface area contributed by atoms with Gasteiger partial charge in [0.1, 0.15) is 5.60 Å². The molecule has 0 aromatic carbocycles. The Morgan fingerprint density at radius 1 is 1.53 bits per heavy atom. The normalized spacial score (nSPS) is 10.6. The summed E-state index contributed by atoms with van der Waals surface area (Å²) in [6.45, 7) is 7.29. The maximum atomic E-state index is 11.5. The number of ether oxygens (including phenoxy) is 1. The van der Waals surface area contributed by atoms with E-state index in [1.165, 1.54) is 4.90 Å². The number of likely N-dealkylation sites (N-methyl/N-ethyl adjacent to an activating group) is 1. The molecule has 0 saturated carbocycles. The van der Waals surface area contributed by atoms with Crippen molar-refractivity contribution in [1.29, 1.82) is 0 Å². The first-order valence-electron chi connectivity index (χ1n) is 4.95. The van der Waals surface area contributed by atoms with E-state index in [4.69, 9.17) is 11.2 Å². The molecule has 0 aliphatic rings. The third-order valence-corrected chi connectivity index (χ3v) is 1.56. The molecule has 0 aromatic heterocycles. The van der Waals surface area contributed by atoms with Gasteiger partial charge in [-0.05, 0) is 20.8 Å². The maximum absolute atomic E-state index is 11.5. The molecule has 0 heterocycles. The molecule has 1 N–H and O–H groups in total. The molecule has 86 valence electrons. The Balaban J connectivity index is 3.76. The molecule has 0 unspecified atom stereocenters. The van der Waals surface area contributed by atoms with E-state index in [9.17, 15) is 4.79 Å². The summed E-state index contributed by atoms with van der Waals surface area (Å²) < 4.78 is 5.18. The van der Waals surface area contributed by atoms with E-state index in [1.807, 2.05) is 20.8 Å². The van der Waals surface area contributed by atoms with Crippen molar-refractivity contribution in [3.05, 3.63) is 0 Å². The van der Waals surface area contributed by atoms with Gasteiger partial charge in [0.05, 0.1) is 6.54 Å². The quantitative estimate of drug-likeness (QED) is 0.560. The highest BCUT2D eigenvalue weighted by molar-refractivity contribution is 5.67. The lowest BCUT2D eigenvalue weighted by Crippen LogP contribution is -2.38. The van der Waals surface area contributed by atoms with Crippen LogP contribution in [-0.4, -0.2) is 43.3 Å². The minimum Gasteiger partial charge on any atom is -0.444 e. The summed E-state index contributed by atoms with van der Waals surface area (Å²) in [5.41, 5.74) is -0.447. The van der Waals surface area contributed by atoms with Crippen LogP contribution < -0.4 is 5.32 Å². The van der Waals surface area contributed by atoms with Crippen molar-refractivity contribution in [3.8, 4) is 12.3 Å². The highest BCUT2D eigenvalue weighted by Crippen LogP contribution is 2.08. The summed E-state index contributed by atoms with van der Waals surface area (Å²) in [7, 11) is 1.70. The molecule has 15 heavy (non-hydrogen) atoms. The number of hydrogen-bond acceptors (Lipinski definition) is 3. The third kappa shape index (κ3) is 7.83. The topological polar surface area (TPSA) is 41.6 Å². The Hall–Kier alpha value is -1.21. The standard InChI is InChI=1S/C11H20N2O2/c1-6-7-12-8-9-13(5)10(14)15-11(2,3)4/h1,12H,7-9H2,2-5H3. The fraction of sp³-hybridized carbons (Fsp3) is 0.727. The van der Waals surface area contributed by atoms with Gasteiger partial charge < -0.3 is 15.0 Å². The number of nitrogens with one attached hydrogen (secondary N) is 1. The van der Waals surface area contributed by atoms with Gasteiger partial charge in [0.2, 0.25) is 0 Å². The fourth-order valence-corrected chi connectivity index (χ4v) is 0.838. The number of terminal acetylenes is 1. The molecule has 0 atom stereocenters. The van der Waals surface area contributed by atoms with Crippen LogP contribution in [0.2, 0.25) is 0 Å². The molecule has 0 fully saturated rings. The van der Waals surface area contributed by atoms with Gasteiger partial charge >= 0.3 is 6.09 Å². The van der Waals surface area contributed by atoms with E-state index in [-0.39, 0.29) is 6.09 Å². The first kappa shape index (κ1) is 13.8. The molecule has 4 heteroatoms. The monoisotopic (exact) mass is 212 g/mol. The van der Waals surface area contributed by atoms with Crippen LogP contribution >= 0.6 is 0 Å². The lowest BCUT2D eigenvalue weighted by molar-refractivity contribution is 0.0301. The zero-order valence-electron chi connectivity index (χ0n) is 9.96. The van der Waals surface area contributed by atoms with Crippen LogP contribution in [0.3, 0.4) is 0 Å². The van der Waals surface area contributed by atoms with Crippen LogP contribution in [0.25, 0.3) is 0 Å². The molecule has 1 amide bonds. The molecular formula is C11H20N2O2. The summed E-state index contributed by atoms with van der Waals surface area (Å²) >= 11 is 0. The average molecular weight is 212 g/mol. The number of carbonyl (C=O) groups is 1. The van der Waals surface area contributed by atoms with Crippen LogP contribution in [0.15, 0.2) is 0 Å². The predicted octanol–water partition coefficient (Wildman–Crippen LogP) is 1.08. The molecule has 0 bridgehead atoms. The van der Waals surface area contributed by atoms with Crippen LogP contribution in [0, 0.1) is 12.3 Å². The second-order valence-electron chi connectivity index (χ2n) is 4.28. The van der Waals surface area contributed by atoms with Gasteiger partial charge in [-0.25, -0.2) is 4.79 Å². The van der Waals surface area contributed by atoms with E-state index >= 15 is 0 Å². The Morgan fingerprint density at radius 2 is 2.13 bits per heavy atom. The summed E-state index contributed by atoms with van der Waals surface area (Å²) in [6.07, 6.45) is 4.76. The summed E-state index contributed by atoms with van der Waals surface area (Å²) in [5.74, 6) is 2.46. The van der Waals surface area contributed by atoms with E-state index in [1.54, 1.807) is 7.05 Å². The lowest BCUT2D eigenvalue weighted by atomic mass is 10.2. The minimum atomic E-state index is -0.447. The highest BCUT2D eigenvalue weighted by Gasteiger charge is 2.18. The fourth-order valence-electron chi connectivity index (χ4n) is 0.838. The first-order valence-corrected chi connectivity index (χ1v) is 4.95. The van der Waals surface area contributed by atoms with E-state index in [0.29, 0.717) is 19.6 Å². The second-order valence-corrected chi connectivity index (χ2v) is 4.28. The van der Waals surface area contributed by atoms with E-state index in [2.05, 4.69) is 11.2 Å². The Morgan fingerprint density at radius 3 is 2.60 bits per heavy atom. The largest absolute Gasteiger partial charge is 0.444 e. The van der Waals surface area contributed by atoms with Gasteiger partial charge in [-0.15, -0.1) is 6.42 Å². The van der Waals surface area contributed by atoms with Crippen molar-refractivity contribution in [2.24, 2.45) is 0 Å². The van der Waals surface area contributed by atoms with Crippen molar-refractivity contribution >= 4 is 6.09 Å². The predicted molar refractivity (Wildman–Crippen MR) is 60.6 cm³/mol. The van der Waals surface area contributed by atoms with Crippen molar-refractivity contribution in [2.45, 2.75) is 26.4 Å². The number of nitrogens with zero attached hydrogens (tertiary/aromatic N) is 1. The van der Waals surface area contributed by atoms with Crippen LogP contribution in [-0.2, 0) is 4.74 Å². The van der Waals surface area contributed by atoms with Crippen molar-refractivity contribution in [3.63, 3.8) is 0 Å². The van der Waals surface area contributed by atoms with Gasteiger partial charge in [0.15, 0.2) is 0 Å². The second kappa shape index (κ2) is 6.31. The van der Waals surface area contributed by atoms with Crippen molar-refractivity contribution < 1.29 is 9.53 Å². The molecule has 0 spiro atoms. The minimum absolute atomic E-state index is 0.315. The van der Waals surface area contributed by atoms with E-state index in [0.717, 1.165) is 0 Å². The molecular weight excluding hydrogens is 192 g/mol. The zero-order chi connectivity index (χ0) is 11.9. The molecule has 0 saturated heterocycles. The van der Waals surface area contributed by atoms with Crippen LogP contribution in [0.5, 0.6) is 0 Å². The Labute approximate surface area is 92.0 Å². The number of amides is 1. The van der Waals surface area contributed by atoms with Gasteiger partial charge in [-0.3, -0.25) is 0 Å². The molecule has 0 rings (SSSR count). The average Bonchev–Trinajstić information content (AvgIpc) is 2.09. The molecule has 0 aliphatic heterocycles. The first-order chi connectivity index (χ1) is 6.87. The maximum Gasteiger partial charge on any atom is 0.410 e. The molecule has 4 nitrogen and oxygen atoms in total. The smallest absolute Gasteiger partial charge is 0.410 e. The molecule has 0 radical (unpaired) electrons. The van der Waals surface area contributed by atoms with Crippen LogP contribution in [0.4, 0.5) is 4.79 Å². The van der Waals surface area contributed by atoms with Gasteiger partial charge in [-0.2, -0.15) is 0 Å². The SMILES string of the molecule is C#CCNCCN(C)C(=O)OC(C)(C)C. The number of rotatable bonds is 4. The van der Waals surface area contributed by atoms with Crippen molar-refractivity contribution in [1.82, 2.24) is 10.2 Å². The van der Waals surface area contributed by atoms with Crippen LogP contribution in [0.1, 0.15) is 20.8 Å². The van der Waals surface area contributed by atoms with Gasteiger partial charge in [0.25, 0.3) is 0 Å². The highest BCUT2D eigenvalue weighted by atomic mass is 16.6. The van der Waals surface area contributed by atoms with E-state index < -0.39 is 5.60 Å². The zero-order valence-corrected chi connectivity index (χ0v) is 9.96. The third-order valence-electron chi connectivity index (χ3n) is 1.56. The number of hydrogen-bond donors (Lipinski definition) is 1. The van der Waals surface area contributed by atoms with Gasteiger partial charge in [-0.1, -0.05) is 5.92 Å². The molecule has 0 aliphatic carbocycles. The summed E-state index contributed by atoms with van der Waals surface area (Å²) in [6, 6.07) is 0. The Kier molecular flexibility index (Phi) is 5.80.